The third-order valence-corrected chi connectivity index (χ3v) is 16.5. The highest BCUT2D eigenvalue weighted by Gasteiger charge is 2.28. The molecule has 86 heavy (non-hydrogen) atoms. The van der Waals surface area contributed by atoms with Gasteiger partial charge in [-0.25, -0.2) is 19.9 Å². The van der Waals surface area contributed by atoms with Crippen LogP contribution in [0.3, 0.4) is 0 Å². The first kappa shape index (κ1) is 50.2. The van der Waals surface area contributed by atoms with Crippen molar-refractivity contribution in [2.75, 3.05) is 0 Å². The quantitative estimate of drug-likeness (QED) is 0.129. The van der Waals surface area contributed by atoms with Crippen molar-refractivity contribution in [1.29, 1.82) is 0 Å². The highest BCUT2D eigenvalue weighted by atomic mass is 15.0. The SMILES string of the molecule is c1ccc(-c2ccc3c(c2)c2cc(-c4ccccc4)ccc2n3-c2cc(-c3nc(-c4ccccc4)cc(-c4ccccc4)n3)c(-n3c4ccccc4c4cc(-c5ccccc5)ccc43)c(-c3nc(-c4ccccc4)cc(-c4ccccc4)n3)c2)cc1. The molecule has 16 rings (SSSR count). The van der Waals surface area contributed by atoms with Gasteiger partial charge in [0.25, 0.3) is 0 Å². The van der Waals surface area contributed by atoms with Crippen LogP contribution in [-0.4, -0.2) is 29.1 Å². The molecule has 0 atom stereocenters. The molecule has 0 fully saturated rings. The molecule has 4 aromatic heterocycles. The first-order valence-corrected chi connectivity index (χ1v) is 29.1. The fourth-order valence-corrected chi connectivity index (χ4v) is 12.4. The van der Waals surface area contributed by atoms with Gasteiger partial charge in [0.1, 0.15) is 0 Å². The molecule has 0 amide bonds. The molecule has 0 saturated carbocycles. The van der Waals surface area contributed by atoms with E-state index in [-0.39, 0.29) is 0 Å². The van der Waals surface area contributed by atoms with E-state index in [9.17, 15) is 0 Å². The van der Waals surface area contributed by atoms with Crippen LogP contribution in [0.1, 0.15) is 0 Å². The summed E-state index contributed by atoms with van der Waals surface area (Å²) < 4.78 is 4.83. The van der Waals surface area contributed by atoms with E-state index in [1.54, 1.807) is 0 Å². The monoisotopic (exact) mass is 1100 g/mol. The summed E-state index contributed by atoms with van der Waals surface area (Å²) in [5.74, 6) is 1.10. The summed E-state index contributed by atoms with van der Waals surface area (Å²) in [6.45, 7) is 0. The van der Waals surface area contributed by atoms with E-state index in [0.29, 0.717) is 11.6 Å². The van der Waals surface area contributed by atoms with Crippen molar-refractivity contribution in [2.24, 2.45) is 0 Å². The topological polar surface area (TPSA) is 61.4 Å². The van der Waals surface area contributed by atoms with Gasteiger partial charge in [-0.2, -0.15) is 0 Å². The van der Waals surface area contributed by atoms with Crippen molar-refractivity contribution in [3.05, 3.63) is 315 Å². The second-order valence-electron chi connectivity index (χ2n) is 21.8. The summed E-state index contributed by atoms with van der Waals surface area (Å²) in [4.78, 5) is 22.8. The lowest BCUT2D eigenvalue weighted by atomic mass is 10.00. The number of hydrogen-bond acceptors (Lipinski definition) is 4. The average molecular weight is 1100 g/mol. The Balaban J connectivity index is 1.09. The molecule has 16 aromatic rings. The molecule has 402 valence electrons. The fraction of sp³-hybridized carbons (Fsp3) is 0. The minimum absolute atomic E-state index is 0.552. The molecule has 0 aliphatic carbocycles. The van der Waals surface area contributed by atoms with Crippen molar-refractivity contribution < 1.29 is 0 Å². The molecule has 0 aliphatic rings. The largest absolute Gasteiger partial charge is 0.309 e. The van der Waals surface area contributed by atoms with Gasteiger partial charge in [0.2, 0.25) is 0 Å². The van der Waals surface area contributed by atoms with Crippen molar-refractivity contribution in [2.45, 2.75) is 0 Å². The Morgan fingerprint density at radius 2 is 0.477 bits per heavy atom. The molecule has 6 nitrogen and oxygen atoms in total. The Morgan fingerprint density at radius 1 is 0.198 bits per heavy atom. The van der Waals surface area contributed by atoms with Gasteiger partial charge in [0.05, 0.1) is 50.5 Å². The summed E-state index contributed by atoms with van der Waals surface area (Å²) in [7, 11) is 0. The molecular weight excluding hydrogens is 1040 g/mol. The predicted molar refractivity (Wildman–Crippen MR) is 355 cm³/mol. The van der Waals surface area contributed by atoms with Crippen LogP contribution < -0.4 is 0 Å². The van der Waals surface area contributed by atoms with Gasteiger partial charge in [-0.15, -0.1) is 0 Å². The minimum Gasteiger partial charge on any atom is -0.309 e. The van der Waals surface area contributed by atoms with E-state index in [1.165, 1.54) is 0 Å². The maximum absolute atomic E-state index is 5.71. The van der Waals surface area contributed by atoms with Gasteiger partial charge in [0, 0.05) is 60.6 Å². The lowest BCUT2D eigenvalue weighted by Crippen LogP contribution is -2.08. The average Bonchev–Trinajstić information content (AvgIpc) is 1.66. The molecule has 4 heterocycles. The number of aromatic nitrogens is 6. The number of nitrogens with zero attached hydrogens (tertiary/aromatic N) is 6. The Bertz CT molecular complexity index is 4820. The number of hydrogen-bond donors (Lipinski definition) is 0. The summed E-state index contributed by atoms with van der Waals surface area (Å²) in [6.07, 6.45) is 0. The van der Waals surface area contributed by atoms with E-state index < -0.39 is 0 Å². The van der Waals surface area contributed by atoms with Crippen molar-refractivity contribution in [3.8, 4) is 113 Å². The molecule has 0 unspecified atom stereocenters. The van der Waals surface area contributed by atoms with Crippen LogP contribution in [0, 0.1) is 0 Å². The molecule has 6 heteroatoms. The van der Waals surface area contributed by atoms with E-state index in [4.69, 9.17) is 19.9 Å². The number of benzene rings is 12. The Morgan fingerprint density at radius 3 is 0.826 bits per heavy atom. The van der Waals surface area contributed by atoms with Crippen LogP contribution >= 0.6 is 0 Å². The van der Waals surface area contributed by atoms with Crippen molar-refractivity contribution >= 4 is 43.6 Å². The number of para-hydroxylation sites is 1. The van der Waals surface area contributed by atoms with Gasteiger partial charge >= 0.3 is 0 Å². The van der Waals surface area contributed by atoms with Crippen LogP contribution in [-0.2, 0) is 0 Å². The smallest absolute Gasteiger partial charge is 0.162 e. The number of rotatable bonds is 11. The zero-order chi connectivity index (χ0) is 56.9. The highest BCUT2D eigenvalue weighted by Crippen LogP contribution is 2.46. The minimum atomic E-state index is 0.552. The maximum Gasteiger partial charge on any atom is 0.162 e. The molecule has 0 spiro atoms. The predicted octanol–water partition coefficient (Wildman–Crippen LogP) is 20.5. The lowest BCUT2D eigenvalue weighted by molar-refractivity contribution is 1.10. The summed E-state index contributed by atoms with van der Waals surface area (Å²) in [6, 6.07) is 112. The number of fused-ring (bicyclic) bond motifs is 6. The highest BCUT2D eigenvalue weighted by molar-refractivity contribution is 6.14. The molecule has 12 aromatic carbocycles. The van der Waals surface area contributed by atoms with E-state index >= 15 is 0 Å². The van der Waals surface area contributed by atoms with E-state index in [2.05, 4.69) is 300 Å². The molecular formula is C80H52N6. The van der Waals surface area contributed by atoms with Crippen LogP contribution in [0.5, 0.6) is 0 Å². The molecule has 0 N–H and O–H groups in total. The first-order chi connectivity index (χ1) is 42.6. The summed E-state index contributed by atoms with van der Waals surface area (Å²) in [5.41, 5.74) is 21.5. The zero-order valence-electron chi connectivity index (χ0n) is 46.7. The van der Waals surface area contributed by atoms with Gasteiger partial charge in [-0.1, -0.05) is 249 Å². The fourth-order valence-electron chi connectivity index (χ4n) is 12.4. The third kappa shape index (κ3) is 9.01. The van der Waals surface area contributed by atoms with Crippen LogP contribution in [0.25, 0.3) is 156 Å². The first-order valence-electron chi connectivity index (χ1n) is 29.1. The van der Waals surface area contributed by atoms with Gasteiger partial charge in [0.15, 0.2) is 11.6 Å². The van der Waals surface area contributed by atoms with Crippen LogP contribution in [0.2, 0.25) is 0 Å². The van der Waals surface area contributed by atoms with Crippen LogP contribution in [0.4, 0.5) is 0 Å². The molecule has 0 aliphatic heterocycles. The third-order valence-electron chi connectivity index (χ3n) is 16.5. The summed E-state index contributed by atoms with van der Waals surface area (Å²) >= 11 is 0. The van der Waals surface area contributed by atoms with Gasteiger partial charge < -0.3 is 9.13 Å². The van der Waals surface area contributed by atoms with Crippen molar-refractivity contribution in [1.82, 2.24) is 29.1 Å². The molecule has 0 radical (unpaired) electrons. The van der Waals surface area contributed by atoms with Gasteiger partial charge in [-0.05, 0) is 100 Å². The van der Waals surface area contributed by atoms with E-state index in [1.807, 2.05) is 24.3 Å². The van der Waals surface area contributed by atoms with E-state index in [0.717, 1.165) is 145 Å². The van der Waals surface area contributed by atoms with Crippen molar-refractivity contribution in [3.63, 3.8) is 0 Å². The molecule has 0 saturated heterocycles. The normalized spacial score (nSPS) is 11.5. The Labute approximate surface area is 498 Å². The Kier molecular flexibility index (Phi) is 12.4. The Hall–Kier alpha value is -11.6. The van der Waals surface area contributed by atoms with Crippen LogP contribution in [0.15, 0.2) is 315 Å². The zero-order valence-corrected chi connectivity index (χ0v) is 46.7. The summed E-state index contributed by atoms with van der Waals surface area (Å²) in [5, 5.41) is 4.48. The maximum atomic E-state index is 5.71. The second kappa shape index (κ2) is 21.3. The lowest BCUT2D eigenvalue weighted by Gasteiger charge is -2.22. The second-order valence-corrected chi connectivity index (χ2v) is 21.8. The standard InChI is InChI=1S/C80H52N6/c1-8-24-53(25-9-1)60-42-45-77-65(46-60)64-38-22-23-39-74(64)86(77)78-68(79-81-70(56-30-14-4-15-31-56)51-71(82-79)57-32-16-5-17-33-57)49-63(50-69(78)80-83-72(58-34-18-6-19-35-58)52-73(84-80)59-36-20-7-21-37-59)85-75-43-40-61(54-26-10-2-11-27-54)47-66(75)67-48-62(41-44-76(67)85)55-28-12-3-13-29-55/h1-52H. The molecule has 0 bridgehead atoms. The van der Waals surface area contributed by atoms with Gasteiger partial charge in [-0.3, -0.25) is 0 Å².